The number of aliphatic hydroxyl groups is 1. The summed E-state index contributed by atoms with van der Waals surface area (Å²) in [5, 5.41) is 12.1. The van der Waals surface area contributed by atoms with Crippen molar-refractivity contribution in [1.29, 1.82) is 0 Å². The first-order chi connectivity index (χ1) is 8.00. The van der Waals surface area contributed by atoms with Crippen molar-refractivity contribution in [3.8, 4) is 0 Å². The number of likely N-dealkylation sites (N-methyl/N-ethyl adjacent to an activating group) is 1. The van der Waals surface area contributed by atoms with Gasteiger partial charge in [-0.2, -0.15) is 11.8 Å². The number of esters is 1. The fraction of sp³-hybridized carbons (Fsp3) is 0.917. The molecule has 2 unspecified atom stereocenters. The number of ether oxygens (including phenoxy) is 1. The fourth-order valence-corrected chi connectivity index (χ4v) is 2.71. The summed E-state index contributed by atoms with van der Waals surface area (Å²) < 4.78 is 5.07. The van der Waals surface area contributed by atoms with Gasteiger partial charge in [-0.15, -0.1) is 0 Å². The van der Waals surface area contributed by atoms with Crippen LogP contribution in [0.4, 0.5) is 0 Å². The molecule has 0 amide bonds. The number of carbonyl (C=O) groups excluding carboxylic acids is 1. The summed E-state index contributed by atoms with van der Waals surface area (Å²) in [7, 11) is 1.78. The van der Waals surface area contributed by atoms with E-state index in [0.29, 0.717) is 11.9 Å². The maximum atomic E-state index is 11.8. The van der Waals surface area contributed by atoms with E-state index in [0.717, 1.165) is 18.6 Å². The van der Waals surface area contributed by atoms with E-state index in [2.05, 4.69) is 12.2 Å². The minimum atomic E-state index is -0.623. The highest BCUT2D eigenvalue weighted by Crippen LogP contribution is 2.23. The van der Waals surface area contributed by atoms with Crippen LogP contribution in [0.1, 0.15) is 33.6 Å². The maximum Gasteiger partial charge on any atom is 0.326 e. The summed E-state index contributed by atoms with van der Waals surface area (Å²) in [4.78, 5) is 11.8. The third-order valence-corrected chi connectivity index (χ3v) is 3.94. The molecule has 0 aliphatic heterocycles. The number of nitrogens with one attached hydrogen (secondary N) is 1. The van der Waals surface area contributed by atoms with Gasteiger partial charge in [-0.05, 0) is 39.5 Å². The van der Waals surface area contributed by atoms with E-state index in [1.165, 1.54) is 0 Å². The predicted molar refractivity (Wildman–Crippen MR) is 72.3 cm³/mol. The number of hydrogen-bond donors (Lipinski definition) is 2. The normalized spacial score (nSPS) is 16.3. The lowest BCUT2D eigenvalue weighted by atomic mass is 9.96. The molecule has 0 saturated heterocycles. The van der Waals surface area contributed by atoms with Gasteiger partial charge in [0.1, 0.15) is 5.54 Å². The molecule has 2 atom stereocenters. The van der Waals surface area contributed by atoms with Gasteiger partial charge in [-0.3, -0.25) is 4.79 Å². The molecule has 102 valence electrons. The van der Waals surface area contributed by atoms with E-state index in [1.807, 2.05) is 13.8 Å². The first-order valence-electron chi connectivity index (χ1n) is 6.08. The smallest absolute Gasteiger partial charge is 0.326 e. The van der Waals surface area contributed by atoms with Crippen LogP contribution in [0, 0.1) is 0 Å². The van der Waals surface area contributed by atoms with Crippen molar-refractivity contribution < 1.29 is 14.6 Å². The van der Waals surface area contributed by atoms with Gasteiger partial charge in [0, 0.05) is 11.9 Å². The largest absolute Gasteiger partial charge is 0.465 e. The fourth-order valence-electron chi connectivity index (χ4n) is 1.56. The lowest BCUT2D eigenvalue weighted by Gasteiger charge is -2.29. The Morgan fingerprint density at radius 3 is 2.71 bits per heavy atom. The van der Waals surface area contributed by atoms with E-state index in [1.54, 1.807) is 18.8 Å². The molecular weight excluding hydrogens is 238 g/mol. The number of thioether (sulfide) groups is 1. The first kappa shape index (κ1) is 16.7. The lowest BCUT2D eigenvalue weighted by Crippen LogP contribution is -2.50. The van der Waals surface area contributed by atoms with Gasteiger partial charge in [-0.1, -0.05) is 6.92 Å². The Morgan fingerprint density at radius 2 is 2.24 bits per heavy atom. The van der Waals surface area contributed by atoms with Crippen LogP contribution in [0.15, 0.2) is 0 Å². The Bertz CT molecular complexity index is 226. The molecule has 0 saturated carbocycles. The van der Waals surface area contributed by atoms with Crippen LogP contribution in [0.3, 0.4) is 0 Å². The van der Waals surface area contributed by atoms with Crippen molar-refractivity contribution in [3.63, 3.8) is 0 Å². The van der Waals surface area contributed by atoms with Crippen molar-refractivity contribution in [1.82, 2.24) is 5.32 Å². The molecule has 2 N–H and O–H groups in total. The molecule has 0 aliphatic carbocycles. The SMILES string of the molecule is CCOC(=O)C(C)(CC(C)SCCCO)NC. The molecule has 0 aliphatic rings. The average Bonchev–Trinajstić information content (AvgIpc) is 2.29. The molecule has 17 heavy (non-hydrogen) atoms. The van der Waals surface area contributed by atoms with E-state index in [9.17, 15) is 4.79 Å². The zero-order valence-corrected chi connectivity index (χ0v) is 12.1. The van der Waals surface area contributed by atoms with Crippen LogP contribution >= 0.6 is 11.8 Å². The molecule has 0 aromatic rings. The Labute approximate surface area is 108 Å². The molecule has 0 rings (SSSR count). The molecule has 4 nitrogen and oxygen atoms in total. The van der Waals surface area contributed by atoms with Gasteiger partial charge in [0.15, 0.2) is 0 Å². The van der Waals surface area contributed by atoms with Crippen LogP contribution in [0.25, 0.3) is 0 Å². The second kappa shape index (κ2) is 8.78. The summed E-state index contributed by atoms with van der Waals surface area (Å²) in [6, 6.07) is 0. The summed E-state index contributed by atoms with van der Waals surface area (Å²) in [5.74, 6) is 0.720. The number of hydrogen-bond acceptors (Lipinski definition) is 5. The Kier molecular flexibility index (Phi) is 8.64. The van der Waals surface area contributed by atoms with Crippen LogP contribution < -0.4 is 5.32 Å². The quantitative estimate of drug-likeness (QED) is 0.487. The summed E-state index contributed by atoms with van der Waals surface area (Å²) in [6.07, 6.45) is 1.52. The van der Waals surface area contributed by atoms with Crippen LogP contribution in [-0.2, 0) is 9.53 Å². The minimum absolute atomic E-state index is 0.197. The maximum absolute atomic E-state index is 11.8. The number of carbonyl (C=O) groups is 1. The molecule has 0 heterocycles. The molecule has 0 fully saturated rings. The molecule has 0 aromatic carbocycles. The van der Waals surface area contributed by atoms with Crippen molar-refractivity contribution >= 4 is 17.7 Å². The third kappa shape index (κ3) is 6.29. The van der Waals surface area contributed by atoms with Gasteiger partial charge >= 0.3 is 5.97 Å². The molecular formula is C12H25NO3S. The zero-order valence-electron chi connectivity index (χ0n) is 11.3. The van der Waals surface area contributed by atoms with Gasteiger partial charge in [0.25, 0.3) is 0 Å². The topological polar surface area (TPSA) is 58.6 Å². The Balaban J connectivity index is 4.21. The van der Waals surface area contributed by atoms with E-state index >= 15 is 0 Å². The average molecular weight is 263 g/mol. The Hall–Kier alpha value is -0.260. The van der Waals surface area contributed by atoms with Crippen molar-refractivity contribution in [2.75, 3.05) is 26.0 Å². The lowest BCUT2D eigenvalue weighted by molar-refractivity contribution is -0.150. The molecule has 0 radical (unpaired) electrons. The monoisotopic (exact) mass is 263 g/mol. The predicted octanol–water partition coefficient (Wildman–Crippen LogP) is 1.42. The molecule has 0 aromatic heterocycles. The Morgan fingerprint density at radius 1 is 1.59 bits per heavy atom. The highest BCUT2D eigenvalue weighted by molar-refractivity contribution is 7.99. The number of rotatable bonds is 9. The molecule has 0 bridgehead atoms. The highest BCUT2D eigenvalue weighted by Gasteiger charge is 2.34. The molecule has 0 spiro atoms. The second-order valence-electron chi connectivity index (χ2n) is 4.27. The van der Waals surface area contributed by atoms with Gasteiger partial charge < -0.3 is 15.2 Å². The third-order valence-electron chi connectivity index (χ3n) is 2.68. The van der Waals surface area contributed by atoms with E-state index in [4.69, 9.17) is 9.84 Å². The standard InChI is InChI=1S/C12H25NO3S/c1-5-16-11(15)12(3,13-4)9-10(2)17-8-6-7-14/h10,13-14H,5-9H2,1-4H3. The number of aliphatic hydroxyl groups excluding tert-OH is 1. The zero-order chi connectivity index (χ0) is 13.3. The van der Waals surface area contributed by atoms with Crippen molar-refractivity contribution in [2.24, 2.45) is 0 Å². The van der Waals surface area contributed by atoms with Crippen molar-refractivity contribution in [3.05, 3.63) is 0 Å². The van der Waals surface area contributed by atoms with E-state index < -0.39 is 5.54 Å². The summed E-state index contributed by atoms with van der Waals surface area (Å²) >= 11 is 1.77. The van der Waals surface area contributed by atoms with Crippen LogP contribution in [-0.4, -0.2) is 47.9 Å². The second-order valence-corrected chi connectivity index (χ2v) is 5.81. The highest BCUT2D eigenvalue weighted by atomic mass is 32.2. The van der Waals surface area contributed by atoms with E-state index in [-0.39, 0.29) is 12.6 Å². The van der Waals surface area contributed by atoms with Gasteiger partial charge in [-0.25, -0.2) is 0 Å². The van der Waals surface area contributed by atoms with Crippen molar-refractivity contribution in [2.45, 2.75) is 44.4 Å². The van der Waals surface area contributed by atoms with Gasteiger partial charge in [0.05, 0.1) is 6.61 Å². The summed E-state index contributed by atoms with van der Waals surface area (Å²) in [5.41, 5.74) is -0.623. The van der Waals surface area contributed by atoms with Crippen LogP contribution in [0.2, 0.25) is 0 Å². The summed E-state index contributed by atoms with van der Waals surface area (Å²) in [6.45, 7) is 6.40. The van der Waals surface area contributed by atoms with Gasteiger partial charge in [0.2, 0.25) is 0 Å². The minimum Gasteiger partial charge on any atom is -0.465 e. The first-order valence-corrected chi connectivity index (χ1v) is 7.13. The van der Waals surface area contributed by atoms with Crippen LogP contribution in [0.5, 0.6) is 0 Å². The molecule has 5 heteroatoms.